The molecule has 10 heavy (non-hydrogen) atoms. The van der Waals surface area contributed by atoms with Gasteiger partial charge in [-0.3, -0.25) is 0 Å². The molecule has 1 saturated heterocycles. The molecule has 0 spiro atoms. The minimum absolute atomic E-state index is 0.0776. The maximum absolute atomic E-state index is 9.44. The van der Waals surface area contributed by atoms with Gasteiger partial charge in [0, 0.05) is 12.6 Å². The van der Waals surface area contributed by atoms with Gasteiger partial charge in [0.2, 0.25) is 0 Å². The van der Waals surface area contributed by atoms with Crippen LogP contribution in [0.15, 0.2) is 0 Å². The molecule has 1 aliphatic heterocycles. The second-order valence-electron chi connectivity index (χ2n) is 3.44. The van der Waals surface area contributed by atoms with Crippen molar-refractivity contribution in [3.8, 4) is 0 Å². The predicted octanol–water partition coefficient (Wildman–Crippen LogP) is 0.707. The Bertz CT molecular complexity index is 102. The average Bonchev–Trinajstić information content (AvgIpc) is 1.93. The highest BCUT2D eigenvalue weighted by molar-refractivity contribution is 4.82. The number of hydrogen-bond donors (Lipinski definition) is 1. The second kappa shape index (κ2) is 2.89. The first-order chi connectivity index (χ1) is 4.63. The van der Waals surface area contributed by atoms with E-state index in [0.717, 1.165) is 13.0 Å². The summed E-state index contributed by atoms with van der Waals surface area (Å²) >= 11 is 0. The van der Waals surface area contributed by atoms with Crippen molar-refractivity contribution in [1.29, 1.82) is 0 Å². The van der Waals surface area contributed by atoms with E-state index < -0.39 is 0 Å². The fourth-order valence-electron chi connectivity index (χ4n) is 1.53. The fourth-order valence-corrected chi connectivity index (χ4v) is 1.53. The van der Waals surface area contributed by atoms with Crippen LogP contribution in [0, 0.1) is 5.92 Å². The van der Waals surface area contributed by atoms with Crippen molar-refractivity contribution in [2.45, 2.75) is 32.4 Å². The van der Waals surface area contributed by atoms with Crippen molar-refractivity contribution in [3.63, 3.8) is 0 Å². The van der Waals surface area contributed by atoms with Crippen LogP contribution in [0.3, 0.4) is 0 Å². The number of rotatable bonds is 0. The number of hydrogen-bond acceptors (Lipinski definition) is 2. The number of likely N-dealkylation sites (tertiary alicyclic amines) is 1. The molecule has 2 heteroatoms. The van der Waals surface area contributed by atoms with Gasteiger partial charge in [-0.1, -0.05) is 6.92 Å². The topological polar surface area (TPSA) is 23.5 Å². The van der Waals surface area contributed by atoms with Crippen molar-refractivity contribution in [1.82, 2.24) is 4.90 Å². The molecule has 1 rings (SSSR count). The van der Waals surface area contributed by atoms with Crippen LogP contribution in [0.5, 0.6) is 0 Å². The molecule has 1 N–H and O–H groups in total. The molecule has 0 radical (unpaired) electrons. The van der Waals surface area contributed by atoms with Crippen LogP contribution in [0.1, 0.15) is 20.3 Å². The third-order valence-electron chi connectivity index (χ3n) is 2.84. The molecule has 0 aromatic heterocycles. The summed E-state index contributed by atoms with van der Waals surface area (Å²) < 4.78 is 0. The maximum atomic E-state index is 9.44. The van der Waals surface area contributed by atoms with E-state index in [9.17, 15) is 5.11 Å². The summed E-state index contributed by atoms with van der Waals surface area (Å²) in [5.74, 6) is 0.429. The Morgan fingerprint density at radius 1 is 1.40 bits per heavy atom. The summed E-state index contributed by atoms with van der Waals surface area (Å²) in [6.07, 6.45) is 0.855. The molecule has 0 bridgehead atoms. The Morgan fingerprint density at radius 2 is 2.00 bits per heavy atom. The van der Waals surface area contributed by atoms with Gasteiger partial charge in [0.1, 0.15) is 0 Å². The highest BCUT2D eigenvalue weighted by atomic mass is 16.3. The van der Waals surface area contributed by atoms with E-state index in [1.165, 1.54) is 0 Å². The lowest BCUT2D eigenvalue weighted by Crippen LogP contribution is -2.46. The van der Waals surface area contributed by atoms with Crippen molar-refractivity contribution < 1.29 is 5.11 Å². The van der Waals surface area contributed by atoms with Crippen LogP contribution in [0.4, 0.5) is 0 Å². The Morgan fingerprint density at radius 3 is 2.50 bits per heavy atom. The summed E-state index contributed by atoms with van der Waals surface area (Å²) in [5.41, 5.74) is 0. The number of aliphatic hydroxyl groups excluding tert-OH is 1. The Labute approximate surface area is 62.8 Å². The molecule has 1 heterocycles. The van der Waals surface area contributed by atoms with Gasteiger partial charge in [-0.05, 0) is 26.3 Å². The van der Waals surface area contributed by atoms with Gasteiger partial charge in [0.15, 0.2) is 0 Å². The first-order valence-corrected chi connectivity index (χ1v) is 4.01. The van der Waals surface area contributed by atoms with E-state index in [-0.39, 0.29) is 6.10 Å². The third kappa shape index (κ3) is 1.32. The third-order valence-corrected chi connectivity index (χ3v) is 2.84. The van der Waals surface area contributed by atoms with Gasteiger partial charge in [-0.15, -0.1) is 0 Å². The molecule has 0 saturated carbocycles. The molecule has 0 amide bonds. The molecule has 0 aromatic rings. The molecule has 0 unspecified atom stereocenters. The van der Waals surface area contributed by atoms with Gasteiger partial charge in [-0.25, -0.2) is 0 Å². The van der Waals surface area contributed by atoms with Crippen molar-refractivity contribution >= 4 is 0 Å². The predicted molar refractivity (Wildman–Crippen MR) is 41.9 cm³/mol. The van der Waals surface area contributed by atoms with Gasteiger partial charge in [0.05, 0.1) is 6.10 Å². The van der Waals surface area contributed by atoms with Gasteiger partial charge >= 0.3 is 0 Å². The summed E-state index contributed by atoms with van der Waals surface area (Å²) in [5, 5.41) is 9.44. The van der Waals surface area contributed by atoms with Gasteiger partial charge in [0.25, 0.3) is 0 Å². The summed E-state index contributed by atoms with van der Waals surface area (Å²) in [4.78, 5) is 2.30. The average molecular weight is 143 g/mol. The first-order valence-electron chi connectivity index (χ1n) is 4.01. The molecule has 0 aliphatic carbocycles. The van der Waals surface area contributed by atoms with Gasteiger partial charge < -0.3 is 10.0 Å². The van der Waals surface area contributed by atoms with Crippen LogP contribution in [0.2, 0.25) is 0 Å². The molecule has 2 nitrogen and oxygen atoms in total. The lowest BCUT2D eigenvalue weighted by Gasteiger charge is -2.38. The Hall–Kier alpha value is -0.0800. The number of nitrogens with zero attached hydrogens (tertiary/aromatic N) is 1. The molecule has 0 aromatic carbocycles. The normalized spacial score (nSPS) is 43.8. The number of piperidine rings is 1. The van der Waals surface area contributed by atoms with Crippen LogP contribution in [-0.2, 0) is 0 Å². The van der Waals surface area contributed by atoms with E-state index in [4.69, 9.17) is 0 Å². The van der Waals surface area contributed by atoms with Crippen LogP contribution in [0.25, 0.3) is 0 Å². The Balaban J connectivity index is 2.52. The first kappa shape index (κ1) is 8.02. The molecule has 1 aliphatic rings. The zero-order valence-corrected chi connectivity index (χ0v) is 7.04. The quantitative estimate of drug-likeness (QED) is 0.540. The van der Waals surface area contributed by atoms with E-state index in [1.807, 2.05) is 0 Å². The largest absolute Gasteiger partial charge is 0.393 e. The lowest BCUT2D eigenvalue weighted by molar-refractivity contribution is 0.0102. The summed E-state index contributed by atoms with van der Waals surface area (Å²) in [6, 6.07) is 0.531. The zero-order chi connectivity index (χ0) is 7.72. The van der Waals surface area contributed by atoms with Crippen LogP contribution in [-0.4, -0.2) is 35.7 Å². The smallest absolute Gasteiger partial charge is 0.0592 e. The van der Waals surface area contributed by atoms with Crippen molar-refractivity contribution in [3.05, 3.63) is 0 Å². The van der Waals surface area contributed by atoms with Gasteiger partial charge in [-0.2, -0.15) is 0 Å². The maximum Gasteiger partial charge on any atom is 0.0592 e. The second-order valence-corrected chi connectivity index (χ2v) is 3.44. The standard InChI is InChI=1S/C8H17NO/c1-6-7(2)9(3)5-4-8(6)10/h6-8,10H,4-5H2,1-3H3/t6-,7+,8+/m1/s1. The highest BCUT2D eigenvalue weighted by Crippen LogP contribution is 2.21. The van der Waals surface area contributed by atoms with Crippen molar-refractivity contribution in [2.24, 2.45) is 5.92 Å². The Kier molecular flexibility index (Phi) is 2.32. The minimum Gasteiger partial charge on any atom is -0.393 e. The molecule has 1 fully saturated rings. The van der Waals surface area contributed by atoms with Crippen LogP contribution >= 0.6 is 0 Å². The molecule has 3 atom stereocenters. The zero-order valence-electron chi connectivity index (χ0n) is 7.04. The number of aliphatic hydroxyl groups is 1. The minimum atomic E-state index is -0.0776. The van der Waals surface area contributed by atoms with E-state index in [0.29, 0.717) is 12.0 Å². The lowest BCUT2D eigenvalue weighted by atomic mass is 9.90. The van der Waals surface area contributed by atoms with E-state index in [2.05, 4.69) is 25.8 Å². The fraction of sp³-hybridized carbons (Fsp3) is 1.00. The molecule has 60 valence electrons. The van der Waals surface area contributed by atoms with E-state index in [1.54, 1.807) is 0 Å². The van der Waals surface area contributed by atoms with E-state index >= 15 is 0 Å². The van der Waals surface area contributed by atoms with Crippen LogP contribution < -0.4 is 0 Å². The van der Waals surface area contributed by atoms with Crippen molar-refractivity contribution in [2.75, 3.05) is 13.6 Å². The SMILES string of the molecule is C[C@H]1[C@@H](O)CCN(C)[C@H]1C. The monoisotopic (exact) mass is 143 g/mol. The highest BCUT2D eigenvalue weighted by Gasteiger charge is 2.28. The summed E-state index contributed by atoms with van der Waals surface area (Å²) in [7, 11) is 2.12. The molecular weight excluding hydrogens is 126 g/mol. The molecular formula is C8H17NO. The summed E-state index contributed by atoms with van der Waals surface area (Å²) in [6.45, 7) is 5.32.